The van der Waals surface area contributed by atoms with Gasteiger partial charge in [-0.15, -0.1) is 0 Å². The predicted molar refractivity (Wildman–Crippen MR) is 116 cm³/mol. The number of rotatable bonds is 4. The molecule has 0 bridgehead atoms. The molecule has 3 saturated carbocycles. The molecule has 0 aromatic carbocycles. The van der Waals surface area contributed by atoms with Gasteiger partial charge < -0.3 is 10.2 Å². The first-order valence-corrected chi connectivity index (χ1v) is 12.4. The number of hydrogen-bond acceptors (Lipinski definition) is 2. The van der Waals surface area contributed by atoms with E-state index in [1.54, 1.807) is 0 Å². The molecule has 5 heteroatoms. The summed E-state index contributed by atoms with van der Waals surface area (Å²) in [5.41, 5.74) is 1.30. The molecule has 0 amide bonds. The van der Waals surface area contributed by atoms with Crippen LogP contribution in [0.5, 0.6) is 0 Å². The Balaban J connectivity index is 1.48. The lowest BCUT2D eigenvalue weighted by molar-refractivity contribution is -0.206. The monoisotopic (exact) mass is 442 g/mol. The van der Waals surface area contributed by atoms with E-state index in [0.717, 1.165) is 38.5 Å². The van der Waals surface area contributed by atoms with E-state index in [4.69, 9.17) is 0 Å². The fourth-order valence-electron chi connectivity index (χ4n) is 8.57. The van der Waals surface area contributed by atoms with Crippen LogP contribution in [0.1, 0.15) is 91.9 Å². The Morgan fingerprint density at radius 2 is 1.74 bits per heavy atom. The second-order valence-corrected chi connectivity index (χ2v) is 12.3. The Morgan fingerprint density at radius 3 is 2.42 bits per heavy atom. The van der Waals surface area contributed by atoms with E-state index >= 15 is 0 Å². The molecule has 31 heavy (non-hydrogen) atoms. The Labute approximate surface area is 185 Å². The molecule has 9 atom stereocenters. The molecule has 0 aliphatic heterocycles. The molecular weight excluding hydrogens is 401 g/mol. The summed E-state index contributed by atoms with van der Waals surface area (Å²) in [7, 11) is 0. The quantitative estimate of drug-likeness (QED) is 0.478. The van der Waals surface area contributed by atoms with Gasteiger partial charge in [0.15, 0.2) is 0 Å². The minimum absolute atomic E-state index is 0.182. The summed E-state index contributed by atoms with van der Waals surface area (Å²) < 4.78 is 38.3. The maximum atomic E-state index is 12.8. The van der Waals surface area contributed by atoms with Crippen LogP contribution < -0.4 is 0 Å². The lowest BCUT2D eigenvalue weighted by Gasteiger charge is -2.59. The van der Waals surface area contributed by atoms with Crippen molar-refractivity contribution in [1.82, 2.24) is 0 Å². The van der Waals surface area contributed by atoms with Crippen LogP contribution in [0.2, 0.25) is 0 Å². The van der Waals surface area contributed by atoms with Gasteiger partial charge in [-0.25, -0.2) is 0 Å². The van der Waals surface area contributed by atoms with Gasteiger partial charge in [0, 0.05) is 0 Å². The van der Waals surface area contributed by atoms with Gasteiger partial charge >= 0.3 is 6.18 Å². The second-order valence-electron chi connectivity index (χ2n) is 12.3. The van der Waals surface area contributed by atoms with Gasteiger partial charge in [0.1, 0.15) is 6.10 Å². The van der Waals surface area contributed by atoms with Gasteiger partial charge in [-0.3, -0.25) is 0 Å². The molecule has 4 rings (SSSR count). The van der Waals surface area contributed by atoms with Crippen molar-refractivity contribution >= 4 is 0 Å². The summed E-state index contributed by atoms with van der Waals surface area (Å²) >= 11 is 0. The van der Waals surface area contributed by atoms with E-state index in [1.165, 1.54) is 18.4 Å². The van der Waals surface area contributed by atoms with Gasteiger partial charge in [-0.05, 0) is 112 Å². The Kier molecular flexibility index (Phi) is 5.90. The molecule has 0 saturated heterocycles. The first kappa shape index (κ1) is 23.6. The third-order valence-electron chi connectivity index (χ3n) is 10.4. The van der Waals surface area contributed by atoms with Gasteiger partial charge in [-0.1, -0.05) is 32.4 Å². The first-order valence-electron chi connectivity index (χ1n) is 12.4. The van der Waals surface area contributed by atoms with E-state index in [-0.39, 0.29) is 23.2 Å². The van der Waals surface area contributed by atoms with Crippen molar-refractivity contribution in [2.45, 2.75) is 110 Å². The zero-order valence-corrected chi connectivity index (χ0v) is 19.6. The van der Waals surface area contributed by atoms with E-state index < -0.39 is 17.9 Å². The number of allylic oxidation sites excluding steroid dienone is 1. The van der Waals surface area contributed by atoms with Crippen molar-refractivity contribution in [3.63, 3.8) is 0 Å². The van der Waals surface area contributed by atoms with Gasteiger partial charge in [0.2, 0.25) is 0 Å². The Hall–Kier alpha value is -0.550. The smallest absolute Gasteiger partial charge is 0.390 e. The van der Waals surface area contributed by atoms with Crippen LogP contribution in [0.3, 0.4) is 0 Å². The van der Waals surface area contributed by atoms with Crippen LogP contribution in [0.4, 0.5) is 13.2 Å². The largest absolute Gasteiger partial charge is 0.414 e. The number of alkyl halides is 3. The van der Waals surface area contributed by atoms with Crippen LogP contribution in [0, 0.1) is 40.4 Å². The average molecular weight is 443 g/mol. The summed E-state index contributed by atoms with van der Waals surface area (Å²) in [6.07, 6.45) is 4.48. The molecule has 0 aromatic rings. The highest BCUT2D eigenvalue weighted by Crippen LogP contribution is 2.67. The number of fused-ring (bicyclic) bond motifs is 5. The minimum Gasteiger partial charge on any atom is -0.390 e. The highest BCUT2D eigenvalue weighted by molar-refractivity contribution is 5.26. The number of aliphatic hydroxyl groups is 2. The second kappa shape index (κ2) is 7.75. The summed E-state index contributed by atoms with van der Waals surface area (Å²) in [4.78, 5) is 0. The molecule has 0 aromatic heterocycles. The molecule has 4 aliphatic carbocycles. The Morgan fingerprint density at radius 1 is 1.03 bits per heavy atom. The van der Waals surface area contributed by atoms with E-state index in [1.807, 2.05) is 6.92 Å². The van der Waals surface area contributed by atoms with Crippen molar-refractivity contribution < 1.29 is 23.4 Å². The zero-order valence-electron chi connectivity index (χ0n) is 19.6. The maximum Gasteiger partial charge on any atom is 0.414 e. The van der Waals surface area contributed by atoms with Crippen molar-refractivity contribution in [3.8, 4) is 0 Å². The molecule has 2 N–H and O–H groups in total. The molecular formula is C26H41F3O2. The maximum absolute atomic E-state index is 12.8. The third kappa shape index (κ3) is 4.00. The molecule has 4 aliphatic rings. The molecule has 3 fully saturated rings. The summed E-state index contributed by atoms with van der Waals surface area (Å²) in [5.74, 6) is 2.63. The fraction of sp³-hybridized carbons (Fsp3) is 0.923. The van der Waals surface area contributed by atoms with E-state index in [0.29, 0.717) is 30.1 Å². The average Bonchev–Trinajstić information content (AvgIpc) is 3.02. The minimum atomic E-state index is -4.51. The van der Waals surface area contributed by atoms with Gasteiger partial charge in [0.25, 0.3) is 0 Å². The number of hydrogen-bond donors (Lipinski definition) is 2. The highest BCUT2D eigenvalue weighted by atomic mass is 19.4. The van der Waals surface area contributed by atoms with E-state index in [9.17, 15) is 23.4 Å². The highest BCUT2D eigenvalue weighted by Gasteiger charge is 2.59. The first-order chi connectivity index (χ1) is 14.3. The van der Waals surface area contributed by atoms with Crippen LogP contribution >= 0.6 is 0 Å². The number of halogens is 3. The Bertz CT molecular complexity index is 714. The van der Waals surface area contributed by atoms with Crippen LogP contribution in [0.15, 0.2) is 11.6 Å². The molecule has 2 nitrogen and oxygen atoms in total. The summed E-state index contributed by atoms with van der Waals surface area (Å²) in [5, 5.41) is 20.1. The SMILES string of the molecule is C[C@H](CC[C@@H](O)C(F)(F)F)[C@H]1CCC2[C@@H]3CC=C4C[C@@](C)(O)CC[C@]4(C)[C@H]3CC[C@@]21C. The topological polar surface area (TPSA) is 40.5 Å². The molecule has 0 heterocycles. The fourth-order valence-corrected chi connectivity index (χ4v) is 8.57. The van der Waals surface area contributed by atoms with Crippen molar-refractivity contribution in [2.75, 3.05) is 0 Å². The molecule has 0 spiro atoms. The number of aliphatic hydroxyl groups excluding tert-OH is 1. The predicted octanol–water partition coefficient (Wildman–Crippen LogP) is 6.66. The third-order valence-corrected chi connectivity index (χ3v) is 10.4. The normalized spacial score (nSPS) is 47.1. The zero-order chi connectivity index (χ0) is 22.8. The molecule has 0 radical (unpaired) electrons. The summed E-state index contributed by atoms with van der Waals surface area (Å²) in [6.45, 7) is 8.92. The van der Waals surface area contributed by atoms with Crippen LogP contribution in [0.25, 0.3) is 0 Å². The van der Waals surface area contributed by atoms with Crippen molar-refractivity contribution in [1.29, 1.82) is 0 Å². The van der Waals surface area contributed by atoms with E-state index in [2.05, 4.69) is 26.8 Å². The van der Waals surface area contributed by atoms with Crippen molar-refractivity contribution in [2.24, 2.45) is 40.4 Å². The standard InChI is InChI=1S/C26H41F3O2/c1-16(5-10-22(30)26(27,28)29)19-8-9-20-18-7-6-17-15-23(2,31)13-14-24(17,3)21(18)11-12-25(19,20)4/h6,16,18-22,30-31H,5,7-15H2,1-4H3/t16-,18+,19-,20?,21+,22-,23+,24+,25-/m1/s1. The lowest BCUT2D eigenvalue weighted by Crippen LogP contribution is -2.52. The van der Waals surface area contributed by atoms with Crippen LogP contribution in [-0.4, -0.2) is 28.1 Å². The van der Waals surface area contributed by atoms with Gasteiger partial charge in [-0.2, -0.15) is 13.2 Å². The molecule has 178 valence electrons. The summed E-state index contributed by atoms with van der Waals surface area (Å²) in [6, 6.07) is 0. The van der Waals surface area contributed by atoms with Gasteiger partial charge in [0.05, 0.1) is 5.60 Å². The lowest BCUT2D eigenvalue weighted by atomic mass is 9.46. The van der Waals surface area contributed by atoms with Crippen LogP contribution in [-0.2, 0) is 0 Å². The van der Waals surface area contributed by atoms with Crippen molar-refractivity contribution in [3.05, 3.63) is 11.6 Å². The molecule has 1 unspecified atom stereocenters.